The van der Waals surface area contributed by atoms with Crippen LogP contribution in [-0.4, -0.2) is 37.3 Å². The molecule has 1 unspecified atom stereocenters. The third-order valence-corrected chi connectivity index (χ3v) is 3.14. The van der Waals surface area contributed by atoms with Gasteiger partial charge in [0, 0.05) is 18.3 Å². The van der Waals surface area contributed by atoms with Crippen LogP contribution in [0.4, 0.5) is 5.69 Å². The minimum atomic E-state index is -0.0984. The first-order chi connectivity index (χ1) is 9.56. The van der Waals surface area contributed by atoms with E-state index >= 15 is 0 Å². The molecule has 0 bridgehead atoms. The Balaban J connectivity index is 2.42. The van der Waals surface area contributed by atoms with E-state index in [0.29, 0.717) is 12.3 Å². The molecule has 1 rings (SSSR count). The van der Waals surface area contributed by atoms with Gasteiger partial charge in [-0.25, -0.2) is 0 Å². The normalized spacial score (nSPS) is 12.2. The summed E-state index contributed by atoms with van der Waals surface area (Å²) in [4.78, 5) is 11.8. The number of anilines is 1. The van der Waals surface area contributed by atoms with Gasteiger partial charge >= 0.3 is 0 Å². The van der Waals surface area contributed by atoms with Crippen molar-refractivity contribution in [3.05, 3.63) is 24.3 Å². The summed E-state index contributed by atoms with van der Waals surface area (Å²) in [5, 5.41) is 15.0. The number of aliphatic hydroxyl groups is 1. The molecule has 3 N–H and O–H groups in total. The molecule has 1 aromatic rings. The summed E-state index contributed by atoms with van der Waals surface area (Å²) in [6, 6.07) is 7.33. The number of hydrogen-bond donors (Lipinski definition) is 3. The van der Waals surface area contributed by atoms with Crippen molar-refractivity contribution in [2.75, 3.05) is 25.6 Å². The SMILES string of the molecule is COc1ccc(NC(=O)CNC(CCO)C(C)C)cc1. The maximum Gasteiger partial charge on any atom is 0.238 e. The molecule has 0 spiro atoms. The van der Waals surface area contributed by atoms with Gasteiger partial charge in [0.2, 0.25) is 5.91 Å². The van der Waals surface area contributed by atoms with Gasteiger partial charge in [0.25, 0.3) is 0 Å². The fourth-order valence-corrected chi connectivity index (χ4v) is 1.91. The predicted molar refractivity (Wildman–Crippen MR) is 80.0 cm³/mol. The standard InChI is InChI=1S/C15H24N2O3/c1-11(2)14(8-9-18)16-10-15(19)17-12-4-6-13(20-3)7-5-12/h4-7,11,14,16,18H,8-10H2,1-3H3,(H,17,19). The average Bonchev–Trinajstić information content (AvgIpc) is 2.44. The summed E-state index contributed by atoms with van der Waals surface area (Å²) >= 11 is 0. The highest BCUT2D eigenvalue weighted by molar-refractivity contribution is 5.92. The van der Waals surface area contributed by atoms with E-state index in [4.69, 9.17) is 9.84 Å². The Labute approximate surface area is 120 Å². The Morgan fingerprint density at radius 1 is 1.30 bits per heavy atom. The van der Waals surface area contributed by atoms with Crippen LogP contribution in [0.25, 0.3) is 0 Å². The molecule has 0 saturated heterocycles. The Morgan fingerprint density at radius 3 is 2.45 bits per heavy atom. The lowest BCUT2D eigenvalue weighted by molar-refractivity contribution is -0.115. The van der Waals surface area contributed by atoms with Crippen LogP contribution in [0.1, 0.15) is 20.3 Å². The van der Waals surface area contributed by atoms with Gasteiger partial charge in [-0.05, 0) is 36.6 Å². The van der Waals surface area contributed by atoms with Crippen molar-refractivity contribution in [3.8, 4) is 5.75 Å². The monoisotopic (exact) mass is 280 g/mol. The van der Waals surface area contributed by atoms with Gasteiger partial charge in [-0.2, -0.15) is 0 Å². The number of hydrogen-bond acceptors (Lipinski definition) is 4. The molecule has 0 aliphatic carbocycles. The highest BCUT2D eigenvalue weighted by atomic mass is 16.5. The van der Waals surface area contributed by atoms with Gasteiger partial charge in [0.05, 0.1) is 13.7 Å². The number of amides is 1. The molecule has 1 amide bonds. The zero-order chi connectivity index (χ0) is 15.0. The highest BCUT2D eigenvalue weighted by Gasteiger charge is 2.13. The molecule has 1 aromatic carbocycles. The number of carbonyl (C=O) groups is 1. The van der Waals surface area contributed by atoms with E-state index in [0.717, 1.165) is 11.4 Å². The smallest absolute Gasteiger partial charge is 0.238 e. The Morgan fingerprint density at radius 2 is 1.95 bits per heavy atom. The van der Waals surface area contributed by atoms with Gasteiger partial charge in [0.1, 0.15) is 5.75 Å². The predicted octanol–water partition coefficient (Wildman–Crippen LogP) is 1.63. The van der Waals surface area contributed by atoms with Gasteiger partial charge in [0.15, 0.2) is 0 Å². The van der Waals surface area contributed by atoms with Crippen LogP contribution in [0.15, 0.2) is 24.3 Å². The van der Waals surface area contributed by atoms with Crippen LogP contribution in [0.3, 0.4) is 0 Å². The topological polar surface area (TPSA) is 70.6 Å². The molecule has 20 heavy (non-hydrogen) atoms. The van der Waals surface area contributed by atoms with Crippen LogP contribution < -0.4 is 15.4 Å². The lowest BCUT2D eigenvalue weighted by Gasteiger charge is -2.21. The van der Waals surface area contributed by atoms with Gasteiger partial charge < -0.3 is 20.5 Å². The van der Waals surface area contributed by atoms with E-state index in [1.807, 2.05) is 0 Å². The van der Waals surface area contributed by atoms with Crippen LogP contribution in [-0.2, 0) is 4.79 Å². The quantitative estimate of drug-likeness (QED) is 0.677. The molecule has 0 saturated carbocycles. The number of benzene rings is 1. The molecule has 0 fully saturated rings. The highest BCUT2D eigenvalue weighted by Crippen LogP contribution is 2.14. The van der Waals surface area contributed by atoms with E-state index < -0.39 is 0 Å². The third kappa shape index (κ3) is 5.59. The molecule has 0 aromatic heterocycles. The summed E-state index contributed by atoms with van der Waals surface area (Å²) < 4.78 is 5.06. The Bertz CT molecular complexity index is 404. The average molecular weight is 280 g/mol. The zero-order valence-corrected chi connectivity index (χ0v) is 12.3. The molecule has 5 heteroatoms. The van der Waals surface area contributed by atoms with E-state index in [9.17, 15) is 4.79 Å². The number of ether oxygens (including phenoxy) is 1. The summed E-state index contributed by atoms with van der Waals surface area (Å²) in [6.07, 6.45) is 0.646. The lowest BCUT2D eigenvalue weighted by Crippen LogP contribution is -2.39. The summed E-state index contributed by atoms with van der Waals surface area (Å²) in [7, 11) is 1.60. The van der Waals surface area contributed by atoms with Crippen molar-refractivity contribution in [1.29, 1.82) is 0 Å². The number of methoxy groups -OCH3 is 1. The second-order valence-corrected chi connectivity index (χ2v) is 5.02. The fraction of sp³-hybridized carbons (Fsp3) is 0.533. The Hall–Kier alpha value is -1.59. The molecule has 0 aliphatic heterocycles. The van der Waals surface area contributed by atoms with Crippen LogP contribution in [0, 0.1) is 5.92 Å². The molecule has 0 aliphatic rings. The summed E-state index contributed by atoms with van der Waals surface area (Å²) in [6.45, 7) is 4.48. The van der Waals surface area contributed by atoms with Crippen LogP contribution in [0.5, 0.6) is 5.75 Å². The first-order valence-corrected chi connectivity index (χ1v) is 6.85. The van der Waals surface area contributed by atoms with Crippen molar-refractivity contribution >= 4 is 11.6 Å². The first-order valence-electron chi connectivity index (χ1n) is 6.85. The van der Waals surface area contributed by atoms with E-state index in [-0.39, 0.29) is 25.1 Å². The fourth-order valence-electron chi connectivity index (χ4n) is 1.91. The number of aliphatic hydroxyl groups excluding tert-OH is 1. The van der Waals surface area contributed by atoms with Crippen molar-refractivity contribution < 1.29 is 14.6 Å². The maximum absolute atomic E-state index is 11.8. The molecule has 1 atom stereocenters. The van der Waals surface area contributed by atoms with Crippen molar-refractivity contribution in [2.24, 2.45) is 5.92 Å². The summed E-state index contributed by atoms with van der Waals surface area (Å²) in [5.74, 6) is 1.03. The van der Waals surface area contributed by atoms with E-state index in [1.54, 1.807) is 31.4 Å². The van der Waals surface area contributed by atoms with Gasteiger partial charge in [-0.3, -0.25) is 4.79 Å². The third-order valence-electron chi connectivity index (χ3n) is 3.14. The molecule has 0 radical (unpaired) electrons. The molecule has 112 valence electrons. The largest absolute Gasteiger partial charge is 0.497 e. The molecule has 0 heterocycles. The minimum Gasteiger partial charge on any atom is -0.497 e. The van der Waals surface area contributed by atoms with Crippen molar-refractivity contribution in [2.45, 2.75) is 26.3 Å². The summed E-state index contributed by atoms with van der Waals surface area (Å²) in [5.41, 5.74) is 0.737. The number of carbonyl (C=O) groups excluding carboxylic acids is 1. The number of nitrogens with one attached hydrogen (secondary N) is 2. The van der Waals surface area contributed by atoms with E-state index in [2.05, 4.69) is 24.5 Å². The molecule has 5 nitrogen and oxygen atoms in total. The zero-order valence-electron chi connectivity index (χ0n) is 12.3. The van der Waals surface area contributed by atoms with Crippen molar-refractivity contribution in [3.63, 3.8) is 0 Å². The Kier molecular flexibility index (Phi) is 7.04. The maximum atomic E-state index is 11.8. The first kappa shape index (κ1) is 16.5. The van der Waals surface area contributed by atoms with Crippen LogP contribution in [0.2, 0.25) is 0 Å². The second-order valence-electron chi connectivity index (χ2n) is 5.02. The molecular formula is C15H24N2O3. The lowest BCUT2D eigenvalue weighted by atomic mass is 10.0. The van der Waals surface area contributed by atoms with Crippen LogP contribution >= 0.6 is 0 Å². The van der Waals surface area contributed by atoms with Gasteiger partial charge in [-0.15, -0.1) is 0 Å². The van der Waals surface area contributed by atoms with Gasteiger partial charge in [-0.1, -0.05) is 13.8 Å². The minimum absolute atomic E-state index is 0.0984. The van der Waals surface area contributed by atoms with Crippen molar-refractivity contribution in [1.82, 2.24) is 5.32 Å². The second kappa shape index (κ2) is 8.55. The molecular weight excluding hydrogens is 256 g/mol. The number of rotatable bonds is 8. The van der Waals surface area contributed by atoms with E-state index in [1.165, 1.54) is 0 Å².